The molecular formula is C12H17N3O3. The second-order valence-electron chi connectivity index (χ2n) is 3.93. The third-order valence-corrected chi connectivity index (χ3v) is 2.41. The van der Waals surface area contributed by atoms with Crippen molar-refractivity contribution in [3.8, 4) is 0 Å². The summed E-state index contributed by atoms with van der Waals surface area (Å²) in [5.74, 6) is 0.673. The summed E-state index contributed by atoms with van der Waals surface area (Å²) in [6.45, 7) is 4.29. The van der Waals surface area contributed by atoms with Crippen molar-refractivity contribution in [1.29, 1.82) is 0 Å². The summed E-state index contributed by atoms with van der Waals surface area (Å²) in [4.78, 5) is 14.5. The topological polar surface area (TPSA) is 87.8 Å². The van der Waals surface area contributed by atoms with Gasteiger partial charge in [0.2, 0.25) is 0 Å². The van der Waals surface area contributed by atoms with Gasteiger partial charge in [0.1, 0.15) is 0 Å². The van der Waals surface area contributed by atoms with Crippen LogP contribution in [0, 0.1) is 17.0 Å². The maximum Gasteiger partial charge on any atom is 0.271 e. The van der Waals surface area contributed by atoms with Crippen LogP contribution in [0.15, 0.2) is 23.2 Å². The Bertz CT molecular complexity index is 458. The van der Waals surface area contributed by atoms with Crippen LogP contribution in [0.4, 0.5) is 11.4 Å². The summed E-state index contributed by atoms with van der Waals surface area (Å²) >= 11 is 0. The fourth-order valence-corrected chi connectivity index (χ4v) is 1.41. The number of nitro benzene ring substituents is 1. The van der Waals surface area contributed by atoms with Gasteiger partial charge in [-0.15, -0.1) is 0 Å². The van der Waals surface area contributed by atoms with E-state index in [4.69, 9.17) is 5.11 Å². The van der Waals surface area contributed by atoms with E-state index in [1.165, 1.54) is 12.1 Å². The lowest BCUT2D eigenvalue weighted by Gasteiger charge is -2.08. The van der Waals surface area contributed by atoms with Crippen LogP contribution in [-0.4, -0.2) is 29.0 Å². The van der Waals surface area contributed by atoms with Gasteiger partial charge < -0.3 is 10.4 Å². The summed E-state index contributed by atoms with van der Waals surface area (Å²) in [6, 6.07) is 4.65. The van der Waals surface area contributed by atoms with E-state index in [0.29, 0.717) is 24.5 Å². The number of amidine groups is 1. The number of rotatable bonds is 5. The molecule has 0 saturated carbocycles. The Morgan fingerprint density at radius 2 is 2.28 bits per heavy atom. The molecule has 1 aromatic carbocycles. The first kappa shape index (κ1) is 14.1. The second-order valence-corrected chi connectivity index (χ2v) is 3.93. The summed E-state index contributed by atoms with van der Waals surface area (Å²) < 4.78 is 0. The largest absolute Gasteiger partial charge is 0.396 e. The number of aliphatic imine (C=N–C) groups is 1. The van der Waals surface area contributed by atoms with Gasteiger partial charge in [0.15, 0.2) is 0 Å². The van der Waals surface area contributed by atoms with E-state index < -0.39 is 4.92 Å². The van der Waals surface area contributed by atoms with E-state index in [9.17, 15) is 10.1 Å². The number of benzene rings is 1. The molecule has 0 heterocycles. The standard InChI is InChI=1S/C12H17N3O3/c1-9-4-5-11(15(17)18)8-12(9)14-10(2)13-6-3-7-16/h4-5,8,16H,3,6-7H2,1-2H3,(H,13,14). The van der Waals surface area contributed by atoms with Gasteiger partial charge in [0, 0.05) is 31.0 Å². The molecule has 0 spiro atoms. The Morgan fingerprint density at radius 1 is 1.56 bits per heavy atom. The van der Waals surface area contributed by atoms with Crippen molar-refractivity contribution in [3.05, 3.63) is 33.9 Å². The van der Waals surface area contributed by atoms with Gasteiger partial charge in [-0.05, 0) is 25.8 Å². The van der Waals surface area contributed by atoms with Gasteiger partial charge in [-0.25, -0.2) is 0 Å². The zero-order chi connectivity index (χ0) is 13.5. The summed E-state index contributed by atoms with van der Waals surface area (Å²) in [5, 5.41) is 22.4. The lowest BCUT2D eigenvalue weighted by molar-refractivity contribution is -0.384. The lowest BCUT2D eigenvalue weighted by atomic mass is 10.2. The van der Waals surface area contributed by atoms with Crippen LogP contribution >= 0.6 is 0 Å². The van der Waals surface area contributed by atoms with Crippen LogP contribution in [0.1, 0.15) is 18.9 Å². The number of aliphatic hydroxyl groups excluding tert-OH is 1. The van der Waals surface area contributed by atoms with E-state index >= 15 is 0 Å². The molecule has 0 radical (unpaired) electrons. The highest BCUT2D eigenvalue weighted by Crippen LogP contribution is 2.21. The third kappa shape index (κ3) is 4.14. The molecule has 6 nitrogen and oxygen atoms in total. The first-order valence-corrected chi connectivity index (χ1v) is 5.68. The summed E-state index contributed by atoms with van der Waals surface area (Å²) in [7, 11) is 0. The summed E-state index contributed by atoms with van der Waals surface area (Å²) in [6.07, 6.45) is 0.604. The third-order valence-electron chi connectivity index (χ3n) is 2.41. The van der Waals surface area contributed by atoms with Gasteiger partial charge in [-0.1, -0.05) is 6.07 Å². The van der Waals surface area contributed by atoms with Crippen molar-refractivity contribution in [2.45, 2.75) is 20.3 Å². The minimum atomic E-state index is -0.428. The number of aryl methyl sites for hydroxylation is 1. The van der Waals surface area contributed by atoms with Crippen molar-refractivity contribution >= 4 is 17.2 Å². The van der Waals surface area contributed by atoms with Crippen LogP contribution < -0.4 is 5.32 Å². The van der Waals surface area contributed by atoms with E-state index in [1.54, 1.807) is 13.0 Å². The fourth-order valence-electron chi connectivity index (χ4n) is 1.41. The average Bonchev–Trinajstić information content (AvgIpc) is 2.32. The van der Waals surface area contributed by atoms with E-state index in [2.05, 4.69) is 10.3 Å². The maximum absolute atomic E-state index is 10.7. The molecule has 18 heavy (non-hydrogen) atoms. The normalized spacial score (nSPS) is 11.4. The number of hydrogen-bond donors (Lipinski definition) is 2. The highest BCUT2D eigenvalue weighted by molar-refractivity contribution is 5.94. The number of aliphatic hydroxyl groups is 1. The number of nitrogens with zero attached hydrogens (tertiary/aromatic N) is 2. The number of nitrogens with one attached hydrogen (secondary N) is 1. The molecule has 0 bridgehead atoms. The highest BCUT2D eigenvalue weighted by Gasteiger charge is 2.08. The van der Waals surface area contributed by atoms with Crippen LogP contribution in [0.3, 0.4) is 0 Å². The average molecular weight is 251 g/mol. The Labute approximate surface area is 106 Å². The number of nitro groups is 1. The zero-order valence-electron chi connectivity index (χ0n) is 10.5. The van der Waals surface area contributed by atoms with Crippen molar-refractivity contribution in [2.75, 3.05) is 18.5 Å². The Hall–Kier alpha value is -1.95. The number of anilines is 1. The lowest BCUT2D eigenvalue weighted by Crippen LogP contribution is -2.09. The predicted octanol–water partition coefficient (Wildman–Crippen LogP) is 2.12. The fraction of sp³-hybridized carbons (Fsp3) is 0.417. The first-order valence-electron chi connectivity index (χ1n) is 5.68. The van der Waals surface area contributed by atoms with Gasteiger partial charge in [0.25, 0.3) is 5.69 Å². The molecule has 2 N–H and O–H groups in total. The van der Waals surface area contributed by atoms with Crippen LogP contribution in [0.25, 0.3) is 0 Å². The molecule has 0 aliphatic rings. The second kappa shape index (κ2) is 6.70. The molecule has 0 unspecified atom stereocenters. The quantitative estimate of drug-likeness (QED) is 0.276. The van der Waals surface area contributed by atoms with Crippen molar-refractivity contribution < 1.29 is 10.0 Å². The molecule has 6 heteroatoms. The molecule has 98 valence electrons. The maximum atomic E-state index is 10.7. The molecule has 0 atom stereocenters. The highest BCUT2D eigenvalue weighted by atomic mass is 16.6. The van der Waals surface area contributed by atoms with Crippen molar-refractivity contribution in [3.63, 3.8) is 0 Å². The number of hydrogen-bond acceptors (Lipinski definition) is 4. The molecule has 0 aliphatic heterocycles. The van der Waals surface area contributed by atoms with Crippen molar-refractivity contribution in [1.82, 2.24) is 0 Å². The van der Waals surface area contributed by atoms with E-state index in [0.717, 1.165) is 5.56 Å². The molecule has 0 aliphatic carbocycles. The van der Waals surface area contributed by atoms with Crippen LogP contribution in [-0.2, 0) is 0 Å². The molecular weight excluding hydrogens is 234 g/mol. The van der Waals surface area contributed by atoms with Gasteiger partial charge >= 0.3 is 0 Å². The smallest absolute Gasteiger partial charge is 0.271 e. The zero-order valence-corrected chi connectivity index (χ0v) is 10.5. The summed E-state index contributed by atoms with van der Waals surface area (Å²) in [5.41, 5.74) is 1.64. The predicted molar refractivity (Wildman–Crippen MR) is 71.1 cm³/mol. The Balaban J connectivity index is 2.80. The van der Waals surface area contributed by atoms with Gasteiger partial charge in [-0.2, -0.15) is 0 Å². The molecule has 0 aromatic heterocycles. The molecule has 1 aromatic rings. The first-order chi connectivity index (χ1) is 8.54. The van der Waals surface area contributed by atoms with E-state index in [1.807, 2.05) is 6.92 Å². The monoisotopic (exact) mass is 251 g/mol. The van der Waals surface area contributed by atoms with Gasteiger partial charge in [-0.3, -0.25) is 15.1 Å². The van der Waals surface area contributed by atoms with Crippen molar-refractivity contribution in [2.24, 2.45) is 4.99 Å². The molecule has 1 rings (SSSR count). The molecule has 0 amide bonds. The van der Waals surface area contributed by atoms with E-state index in [-0.39, 0.29) is 12.3 Å². The minimum absolute atomic E-state index is 0.0475. The number of non-ortho nitro benzene ring substituents is 1. The molecule has 0 saturated heterocycles. The van der Waals surface area contributed by atoms with Crippen LogP contribution in [0.5, 0.6) is 0 Å². The minimum Gasteiger partial charge on any atom is -0.396 e. The Kier molecular flexibility index (Phi) is 5.26. The Morgan fingerprint density at radius 3 is 2.89 bits per heavy atom. The van der Waals surface area contributed by atoms with Crippen LogP contribution in [0.2, 0.25) is 0 Å². The molecule has 0 fully saturated rings. The van der Waals surface area contributed by atoms with Gasteiger partial charge in [0.05, 0.1) is 10.8 Å². The SMILES string of the molecule is CC(=NCCCO)Nc1cc([N+](=O)[O-])ccc1C.